The number of hydrogen-bond donors (Lipinski definition) is 2. The van der Waals surface area contributed by atoms with Crippen LogP contribution in [0.25, 0.3) is 0 Å². The van der Waals surface area contributed by atoms with Gasteiger partial charge in [0.1, 0.15) is 6.61 Å². The molecule has 0 spiro atoms. The van der Waals surface area contributed by atoms with Crippen molar-refractivity contribution in [1.29, 1.82) is 0 Å². The summed E-state index contributed by atoms with van der Waals surface area (Å²) in [5, 5.41) is 2.34. The van der Waals surface area contributed by atoms with Crippen LogP contribution in [-0.4, -0.2) is 67.9 Å². The van der Waals surface area contributed by atoms with Crippen LogP contribution in [0, 0.1) is 5.92 Å². The van der Waals surface area contributed by atoms with Gasteiger partial charge in [-0.05, 0) is 37.0 Å². The Morgan fingerprint density at radius 1 is 1.24 bits per heavy atom. The number of ether oxygens (including phenoxy) is 1. The van der Waals surface area contributed by atoms with E-state index in [1.807, 2.05) is 0 Å². The molecule has 8 nitrogen and oxygen atoms in total. The van der Waals surface area contributed by atoms with Gasteiger partial charge >= 0.3 is 0 Å². The fourth-order valence-corrected chi connectivity index (χ4v) is 3.98. The van der Waals surface area contributed by atoms with Crippen molar-refractivity contribution in [2.75, 3.05) is 43.1 Å². The lowest BCUT2D eigenvalue weighted by atomic mass is 9.85. The lowest BCUT2D eigenvalue weighted by molar-refractivity contribution is -0.134. The summed E-state index contributed by atoms with van der Waals surface area (Å²) in [5.41, 5.74) is 4.76. The molecule has 1 aliphatic carbocycles. The summed E-state index contributed by atoms with van der Waals surface area (Å²) in [4.78, 5) is 39.1. The summed E-state index contributed by atoms with van der Waals surface area (Å²) >= 11 is 0. The summed E-state index contributed by atoms with van der Waals surface area (Å²) in [6.45, 7) is -0.669. The van der Waals surface area contributed by atoms with Gasteiger partial charge in [-0.3, -0.25) is 19.3 Å². The van der Waals surface area contributed by atoms with Gasteiger partial charge in [0.15, 0.2) is 6.04 Å². The molecule has 3 amide bonds. The fourth-order valence-electron chi connectivity index (χ4n) is 3.98. The number of nitrogens with zero attached hydrogens (tertiary/aromatic N) is 2. The molecule has 1 atom stereocenters. The minimum absolute atomic E-state index is 0.0212. The summed E-state index contributed by atoms with van der Waals surface area (Å²) < 4.78 is 58.7. The van der Waals surface area contributed by atoms with Crippen molar-refractivity contribution in [1.82, 2.24) is 4.90 Å². The molecule has 0 unspecified atom stereocenters. The molecule has 1 aromatic carbocycles. The highest BCUT2D eigenvalue weighted by atomic mass is 19.3. The number of morpholine rings is 1. The monoisotopic (exact) mass is 474 g/mol. The molecular formula is C21H26F4N4O4. The normalized spacial score (nSPS) is 18.0. The highest BCUT2D eigenvalue weighted by molar-refractivity contribution is 6.09. The SMILES string of the molecule is NC(=O)[C@@H](C(=O)Nc1ccc(N2CCOCC2=O)c(C(F)F)c1)N(CC(F)F)CC1CCC1. The molecule has 1 saturated carbocycles. The van der Waals surface area contributed by atoms with Gasteiger partial charge in [-0.1, -0.05) is 6.42 Å². The van der Waals surface area contributed by atoms with E-state index in [9.17, 15) is 31.9 Å². The number of primary amides is 1. The van der Waals surface area contributed by atoms with Crippen LogP contribution in [0.3, 0.4) is 0 Å². The van der Waals surface area contributed by atoms with Crippen molar-refractivity contribution in [3.8, 4) is 0 Å². The van der Waals surface area contributed by atoms with Crippen molar-refractivity contribution >= 4 is 29.1 Å². The number of carbonyl (C=O) groups excluding carboxylic acids is 3. The predicted molar refractivity (Wildman–Crippen MR) is 111 cm³/mol. The molecule has 33 heavy (non-hydrogen) atoms. The Bertz CT molecular complexity index is 882. The molecule has 1 saturated heterocycles. The highest BCUT2D eigenvalue weighted by Gasteiger charge is 2.36. The Morgan fingerprint density at radius 2 is 1.97 bits per heavy atom. The van der Waals surface area contributed by atoms with E-state index in [1.54, 1.807) is 0 Å². The number of amides is 3. The maximum absolute atomic E-state index is 13.7. The molecule has 3 N–H and O–H groups in total. The smallest absolute Gasteiger partial charge is 0.265 e. The number of alkyl halides is 4. The van der Waals surface area contributed by atoms with Gasteiger partial charge in [0.2, 0.25) is 5.91 Å². The lowest BCUT2D eigenvalue weighted by Crippen LogP contribution is -2.55. The molecule has 3 rings (SSSR count). The Balaban J connectivity index is 1.81. The molecule has 1 heterocycles. The average Bonchev–Trinajstić information content (AvgIpc) is 2.70. The third kappa shape index (κ3) is 6.20. The molecule has 12 heteroatoms. The molecule has 182 valence electrons. The molecule has 0 aromatic heterocycles. The Labute approximate surface area is 188 Å². The zero-order valence-corrected chi connectivity index (χ0v) is 17.8. The maximum atomic E-state index is 13.7. The maximum Gasteiger partial charge on any atom is 0.265 e. The molecule has 0 radical (unpaired) electrons. The number of nitrogens with one attached hydrogen (secondary N) is 1. The second-order valence-corrected chi connectivity index (χ2v) is 8.11. The number of benzene rings is 1. The second-order valence-electron chi connectivity index (χ2n) is 8.11. The first-order valence-electron chi connectivity index (χ1n) is 10.6. The summed E-state index contributed by atoms with van der Waals surface area (Å²) in [7, 11) is 0. The van der Waals surface area contributed by atoms with E-state index in [-0.39, 0.29) is 43.6 Å². The van der Waals surface area contributed by atoms with Gasteiger partial charge < -0.3 is 20.7 Å². The van der Waals surface area contributed by atoms with Crippen LogP contribution in [0.1, 0.15) is 31.3 Å². The molecule has 1 aromatic rings. The van der Waals surface area contributed by atoms with Crippen molar-refractivity contribution in [2.45, 2.75) is 38.2 Å². The molecule has 2 fully saturated rings. The van der Waals surface area contributed by atoms with E-state index in [2.05, 4.69) is 5.32 Å². The first kappa shape index (κ1) is 24.9. The van der Waals surface area contributed by atoms with Crippen LogP contribution in [0.5, 0.6) is 0 Å². The first-order valence-corrected chi connectivity index (χ1v) is 10.6. The van der Waals surface area contributed by atoms with Crippen LogP contribution in [-0.2, 0) is 19.1 Å². The Hall–Kier alpha value is -2.73. The number of halogens is 4. The second kappa shape index (κ2) is 10.9. The van der Waals surface area contributed by atoms with Gasteiger partial charge in [-0.25, -0.2) is 17.6 Å². The third-order valence-corrected chi connectivity index (χ3v) is 5.78. The Morgan fingerprint density at radius 3 is 2.52 bits per heavy atom. The standard InChI is InChI=1S/C21H26F4N4O4/c22-16(23)10-28(9-12-2-1-3-12)18(20(26)31)21(32)27-13-4-5-15(14(8-13)19(24)25)29-6-7-33-11-17(29)30/h4-5,8,12,16,18-19H,1-3,6-7,9-11H2,(H2,26,31)(H,27,32)/t18-/m0/s1. The van der Waals surface area contributed by atoms with Crippen molar-refractivity contribution in [3.05, 3.63) is 23.8 Å². The van der Waals surface area contributed by atoms with Crippen molar-refractivity contribution in [3.63, 3.8) is 0 Å². The average molecular weight is 474 g/mol. The van der Waals surface area contributed by atoms with Crippen molar-refractivity contribution in [2.24, 2.45) is 11.7 Å². The lowest BCUT2D eigenvalue weighted by Gasteiger charge is -2.35. The molecule has 1 aliphatic heterocycles. The van der Waals surface area contributed by atoms with Crippen LogP contribution in [0.2, 0.25) is 0 Å². The van der Waals surface area contributed by atoms with Gasteiger partial charge in [0.25, 0.3) is 24.7 Å². The Kier molecular flexibility index (Phi) is 8.25. The number of hydrogen-bond acceptors (Lipinski definition) is 5. The van der Waals surface area contributed by atoms with Gasteiger partial charge in [-0.15, -0.1) is 0 Å². The number of nitrogens with two attached hydrogens (primary N) is 1. The zero-order chi connectivity index (χ0) is 24.1. The molecule has 2 aliphatic rings. The van der Waals surface area contributed by atoms with E-state index in [0.717, 1.165) is 30.2 Å². The highest BCUT2D eigenvalue weighted by Crippen LogP contribution is 2.33. The number of rotatable bonds is 10. The van der Waals surface area contributed by atoms with Crippen LogP contribution < -0.4 is 16.0 Å². The third-order valence-electron chi connectivity index (χ3n) is 5.78. The van der Waals surface area contributed by atoms with E-state index in [4.69, 9.17) is 10.5 Å². The van der Waals surface area contributed by atoms with E-state index in [0.29, 0.717) is 0 Å². The summed E-state index contributed by atoms with van der Waals surface area (Å²) in [6, 6.07) is 1.85. The van der Waals surface area contributed by atoms with E-state index < -0.39 is 48.7 Å². The summed E-state index contributed by atoms with van der Waals surface area (Å²) in [5.74, 6) is -2.50. The summed E-state index contributed by atoms with van der Waals surface area (Å²) in [6.07, 6.45) is -3.22. The number of anilines is 2. The largest absolute Gasteiger partial charge is 0.370 e. The van der Waals surface area contributed by atoms with Crippen LogP contribution in [0.4, 0.5) is 28.9 Å². The first-order chi connectivity index (χ1) is 15.7. The van der Waals surface area contributed by atoms with E-state index in [1.165, 1.54) is 17.0 Å². The molecular weight excluding hydrogens is 448 g/mol. The quantitative estimate of drug-likeness (QED) is 0.400. The van der Waals surface area contributed by atoms with Gasteiger partial charge in [0.05, 0.1) is 18.8 Å². The van der Waals surface area contributed by atoms with Crippen molar-refractivity contribution < 1.29 is 36.7 Å². The fraction of sp³-hybridized carbons (Fsp3) is 0.571. The zero-order valence-electron chi connectivity index (χ0n) is 17.8. The van der Waals surface area contributed by atoms with Gasteiger partial charge in [-0.2, -0.15) is 0 Å². The number of carbonyl (C=O) groups is 3. The van der Waals surface area contributed by atoms with Crippen LogP contribution >= 0.6 is 0 Å². The minimum atomic E-state index is -2.96. The molecule has 0 bridgehead atoms. The van der Waals surface area contributed by atoms with E-state index >= 15 is 0 Å². The predicted octanol–water partition coefficient (Wildman–Crippen LogP) is 2.15. The topological polar surface area (TPSA) is 105 Å². The minimum Gasteiger partial charge on any atom is -0.370 e. The van der Waals surface area contributed by atoms with Crippen LogP contribution in [0.15, 0.2) is 18.2 Å². The van der Waals surface area contributed by atoms with Gasteiger partial charge in [0, 0.05) is 24.3 Å².